The van der Waals surface area contributed by atoms with Crippen molar-refractivity contribution in [2.75, 3.05) is 37.4 Å². The number of anilines is 2. The molecule has 3 amide bonds. The van der Waals surface area contributed by atoms with Crippen molar-refractivity contribution in [3.63, 3.8) is 0 Å². The van der Waals surface area contributed by atoms with Gasteiger partial charge in [0.05, 0.1) is 29.3 Å². The summed E-state index contributed by atoms with van der Waals surface area (Å²) in [6.45, 7) is 4.20. The second kappa shape index (κ2) is 14.0. The molecule has 0 aromatic heterocycles. The Morgan fingerprint density at radius 1 is 0.957 bits per heavy atom. The number of carbonyl (C=O) groups excluding carboxylic acids is 2. The number of ether oxygens (including phenoxy) is 1. The van der Waals surface area contributed by atoms with Gasteiger partial charge in [-0.05, 0) is 74.1 Å². The Morgan fingerprint density at radius 2 is 1.50 bits per heavy atom. The minimum Gasteiger partial charge on any atom is -0.488 e. The topological polar surface area (TPSA) is 94.1 Å². The molecule has 3 N–H and O–H groups in total. The van der Waals surface area contributed by atoms with E-state index in [0.29, 0.717) is 18.7 Å². The molecule has 248 valence electrons. The monoisotopic (exact) mass is 652 g/mol. The van der Waals surface area contributed by atoms with E-state index in [1.54, 1.807) is 14.0 Å². The lowest BCUT2D eigenvalue weighted by molar-refractivity contribution is -0.138. The molecule has 14 heteroatoms. The van der Waals surface area contributed by atoms with Gasteiger partial charge in [-0.2, -0.15) is 26.3 Å². The lowest BCUT2D eigenvalue weighted by Crippen LogP contribution is -2.49. The molecule has 0 aliphatic carbocycles. The minimum absolute atomic E-state index is 0.120. The first-order valence-corrected chi connectivity index (χ1v) is 14.4. The maximum atomic E-state index is 13.7. The molecule has 46 heavy (non-hydrogen) atoms. The summed E-state index contributed by atoms with van der Waals surface area (Å²) in [5.74, 6) is -0.423. The number of halogens is 6. The van der Waals surface area contributed by atoms with Crippen molar-refractivity contribution < 1.29 is 45.8 Å². The summed E-state index contributed by atoms with van der Waals surface area (Å²) in [5.41, 5.74) is -0.474. The fraction of sp³-hybridized carbons (Fsp3) is 0.375. The minimum atomic E-state index is -4.52. The normalized spacial score (nSPS) is 17.9. The van der Waals surface area contributed by atoms with Crippen LogP contribution in [0.1, 0.15) is 40.9 Å². The molecule has 1 aliphatic heterocycles. The number of aliphatic hydroxyl groups is 1. The van der Waals surface area contributed by atoms with Crippen molar-refractivity contribution in [2.24, 2.45) is 5.92 Å². The summed E-state index contributed by atoms with van der Waals surface area (Å²) in [5, 5.41) is 14.9. The number of nitrogens with zero attached hydrogens (tertiary/aromatic N) is 2. The van der Waals surface area contributed by atoms with E-state index in [2.05, 4.69) is 10.6 Å². The standard InChI is InChI=1S/C32H34F6N4O4/c1-19-15-42(20(2)18-43)29(44)26-14-25(40-30(45)39-24-10-8-23(9-11-24)32(36,37)38)12-13-27(26)46-28(19)17-41(3)16-21-4-6-22(7-5-21)31(33,34)35/h4-14,19-20,28,43H,15-18H2,1-3H3,(H2,39,40,45)/t19-,20-,28+/m0/s1. The molecule has 0 fully saturated rings. The van der Waals surface area contributed by atoms with Crippen molar-refractivity contribution >= 4 is 23.3 Å². The molecule has 3 aromatic carbocycles. The summed E-state index contributed by atoms with van der Waals surface area (Å²) in [6, 6.07) is 11.9. The Labute approximate surface area is 261 Å². The van der Waals surface area contributed by atoms with Crippen molar-refractivity contribution in [3.05, 3.63) is 89.0 Å². The van der Waals surface area contributed by atoms with Crippen LogP contribution in [-0.2, 0) is 18.9 Å². The number of alkyl halides is 6. The van der Waals surface area contributed by atoms with E-state index >= 15 is 0 Å². The fourth-order valence-electron chi connectivity index (χ4n) is 5.04. The molecular formula is C32H34F6N4O4. The Kier molecular flexibility index (Phi) is 10.5. The maximum absolute atomic E-state index is 13.7. The Morgan fingerprint density at radius 3 is 2.07 bits per heavy atom. The first kappa shape index (κ1) is 34.6. The van der Waals surface area contributed by atoms with Crippen LogP contribution >= 0.6 is 0 Å². The number of hydrogen-bond donors (Lipinski definition) is 3. The van der Waals surface area contributed by atoms with Crippen LogP contribution in [0.3, 0.4) is 0 Å². The summed E-state index contributed by atoms with van der Waals surface area (Å²) in [4.78, 5) is 29.7. The van der Waals surface area contributed by atoms with Crippen LogP contribution in [0, 0.1) is 5.92 Å². The highest BCUT2D eigenvalue weighted by atomic mass is 19.4. The average molecular weight is 653 g/mol. The first-order chi connectivity index (χ1) is 21.5. The Balaban J connectivity index is 1.51. The molecule has 1 heterocycles. The Bertz CT molecular complexity index is 1510. The molecule has 0 unspecified atom stereocenters. The third-order valence-corrected chi connectivity index (χ3v) is 7.62. The van der Waals surface area contributed by atoms with E-state index in [-0.39, 0.29) is 41.8 Å². The SMILES string of the molecule is C[C@H]1CN([C@@H](C)CO)C(=O)c2cc(NC(=O)Nc3ccc(C(F)(F)F)cc3)ccc2O[C@@H]1CN(C)Cc1ccc(C(F)(F)F)cc1. The van der Waals surface area contributed by atoms with E-state index < -0.39 is 47.6 Å². The van der Waals surface area contributed by atoms with Gasteiger partial charge in [0.1, 0.15) is 11.9 Å². The van der Waals surface area contributed by atoms with Gasteiger partial charge in [-0.15, -0.1) is 0 Å². The lowest BCUT2D eigenvalue weighted by atomic mass is 9.99. The highest BCUT2D eigenvalue weighted by Gasteiger charge is 2.34. The first-order valence-electron chi connectivity index (χ1n) is 14.4. The van der Waals surface area contributed by atoms with Gasteiger partial charge in [0.2, 0.25) is 0 Å². The molecule has 1 aliphatic rings. The summed E-state index contributed by atoms with van der Waals surface area (Å²) in [7, 11) is 1.80. The van der Waals surface area contributed by atoms with E-state index in [0.717, 1.165) is 36.4 Å². The van der Waals surface area contributed by atoms with E-state index in [9.17, 15) is 41.0 Å². The van der Waals surface area contributed by atoms with Gasteiger partial charge in [-0.3, -0.25) is 9.69 Å². The quantitative estimate of drug-likeness (QED) is 0.235. The summed E-state index contributed by atoms with van der Waals surface area (Å²) < 4.78 is 83.8. The second-order valence-electron chi connectivity index (χ2n) is 11.4. The zero-order valence-electron chi connectivity index (χ0n) is 25.2. The number of carbonyl (C=O) groups is 2. The number of aliphatic hydroxyl groups excluding tert-OH is 1. The molecule has 0 saturated carbocycles. The predicted octanol–water partition coefficient (Wildman–Crippen LogP) is 6.72. The van der Waals surface area contributed by atoms with Crippen LogP contribution in [0.4, 0.5) is 42.5 Å². The van der Waals surface area contributed by atoms with Crippen molar-refractivity contribution in [1.82, 2.24) is 9.80 Å². The van der Waals surface area contributed by atoms with E-state index in [4.69, 9.17) is 4.74 Å². The lowest BCUT2D eigenvalue weighted by Gasteiger charge is -2.38. The maximum Gasteiger partial charge on any atom is 0.416 e. The molecule has 3 aromatic rings. The van der Waals surface area contributed by atoms with Crippen molar-refractivity contribution in [3.8, 4) is 5.75 Å². The fourth-order valence-corrected chi connectivity index (χ4v) is 5.04. The zero-order valence-corrected chi connectivity index (χ0v) is 25.2. The number of benzene rings is 3. The van der Waals surface area contributed by atoms with Crippen molar-refractivity contribution in [1.29, 1.82) is 0 Å². The summed E-state index contributed by atoms with van der Waals surface area (Å²) in [6.07, 6.45) is -9.42. The molecule has 0 bridgehead atoms. The molecule has 8 nitrogen and oxygen atoms in total. The molecular weight excluding hydrogens is 618 g/mol. The number of hydrogen-bond acceptors (Lipinski definition) is 5. The van der Waals surface area contributed by atoms with Crippen LogP contribution in [0.2, 0.25) is 0 Å². The largest absolute Gasteiger partial charge is 0.488 e. The number of likely N-dealkylation sites (N-methyl/N-ethyl adjacent to an activating group) is 1. The number of urea groups is 1. The zero-order chi connectivity index (χ0) is 33.8. The van der Waals surface area contributed by atoms with Crippen LogP contribution in [0.5, 0.6) is 5.75 Å². The van der Waals surface area contributed by atoms with E-state index in [1.165, 1.54) is 35.2 Å². The van der Waals surface area contributed by atoms with Gasteiger partial charge in [-0.25, -0.2) is 4.79 Å². The van der Waals surface area contributed by atoms with Crippen LogP contribution in [0.25, 0.3) is 0 Å². The number of nitrogens with one attached hydrogen (secondary N) is 2. The molecule has 0 saturated heterocycles. The number of amides is 3. The predicted molar refractivity (Wildman–Crippen MR) is 159 cm³/mol. The van der Waals surface area contributed by atoms with Crippen LogP contribution < -0.4 is 15.4 Å². The molecule has 0 spiro atoms. The van der Waals surface area contributed by atoms with Gasteiger partial charge >= 0.3 is 18.4 Å². The highest BCUT2D eigenvalue weighted by Crippen LogP contribution is 2.33. The molecule has 3 atom stereocenters. The summed E-state index contributed by atoms with van der Waals surface area (Å²) >= 11 is 0. The number of rotatable bonds is 8. The van der Waals surface area contributed by atoms with Gasteiger partial charge < -0.3 is 25.4 Å². The van der Waals surface area contributed by atoms with Crippen molar-refractivity contribution in [2.45, 2.75) is 44.9 Å². The third-order valence-electron chi connectivity index (χ3n) is 7.62. The third kappa shape index (κ3) is 8.69. The van der Waals surface area contributed by atoms with Crippen LogP contribution in [0.15, 0.2) is 66.7 Å². The second-order valence-corrected chi connectivity index (χ2v) is 11.4. The van der Waals surface area contributed by atoms with Crippen LogP contribution in [-0.4, -0.2) is 65.7 Å². The molecule has 0 radical (unpaired) electrons. The van der Waals surface area contributed by atoms with Gasteiger partial charge in [-0.1, -0.05) is 19.1 Å². The smallest absolute Gasteiger partial charge is 0.416 e. The van der Waals surface area contributed by atoms with Gasteiger partial charge in [0, 0.05) is 36.9 Å². The highest BCUT2D eigenvalue weighted by molar-refractivity contribution is 6.02. The average Bonchev–Trinajstić information content (AvgIpc) is 2.98. The van der Waals surface area contributed by atoms with E-state index in [1.807, 2.05) is 11.8 Å². The number of fused-ring (bicyclic) bond motifs is 1. The van der Waals surface area contributed by atoms with Gasteiger partial charge in [0.25, 0.3) is 5.91 Å². The molecule has 4 rings (SSSR count). The Hall–Kier alpha value is -4.30. The van der Waals surface area contributed by atoms with Gasteiger partial charge in [0.15, 0.2) is 0 Å².